The number of hydrazone groups is 1. The highest BCUT2D eigenvalue weighted by molar-refractivity contribution is 6.07. The quantitative estimate of drug-likeness (QED) is 0.525. The Morgan fingerprint density at radius 1 is 1.13 bits per heavy atom. The molecule has 1 N–H and O–H groups in total. The predicted molar refractivity (Wildman–Crippen MR) is 111 cm³/mol. The number of nitrogens with one attached hydrogen (secondary N) is 1. The summed E-state index contributed by atoms with van der Waals surface area (Å²) in [6, 6.07) is 10.7. The molecule has 1 aromatic carbocycles. The van der Waals surface area contributed by atoms with E-state index in [0.29, 0.717) is 41.2 Å². The second kappa shape index (κ2) is 8.32. The van der Waals surface area contributed by atoms with Crippen LogP contribution in [-0.4, -0.2) is 22.6 Å². The summed E-state index contributed by atoms with van der Waals surface area (Å²) in [5.41, 5.74) is 6.20. The van der Waals surface area contributed by atoms with Crippen molar-refractivity contribution in [1.29, 1.82) is 0 Å². The largest absolute Gasteiger partial charge is 0.453 e. The average molecular weight is 403 g/mol. The lowest BCUT2D eigenvalue weighted by atomic mass is 9.93. The van der Waals surface area contributed by atoms with Crippen molar-refractivity contribution in [3.05, 3.63) is 82.6 Å². The average Bonchev–Trinajstić information content (AvgIpc) is 3.10. The van der Waals surface area contributed by atoms with Gasteiger partial charge in [0.15, 0.2) is 0 Å². The van der Waals surface area contributed by atoms with Gasteiger partial charge in [-0.25, -0.2) is 10.2 Å². The third kappa shape index (κ3) is 3.87. The molecule has 0 spiro atoms. The van der Waals surface area contributed by atoms with Gasteiger partial charge in [-0.3, -0.25) is 9.78 Å². The van der Waals surface area contributed by atoms with Crippen molar-refractivity contribution in [2.24, 2.45) is 5.10 Å². The van der Waals surface area contributed by atoms with Crippen LogP contribution < -0.4 is 10.2 Å². The fourth-order valence-electron chi connectivity index (χ4n) is 3.54. The molecule has 0 saturated carbocycles. The second-order valence-electron chi connectivity index (χ2n) is 7.10. The Morgan fingerprint density at radius 2 is 1.97 bits per heavy atom. The van der Waals surface area contributed by atoms with Crippen molar-refractivity contribution < 1.29 is 18.7 Å². The van der Waals surface area contributed by atoms with Gasteiger partial charge in [0.1, 0.15) is 11.5 Å². The van der Waals surface area contributed by atoms with Gasteiger partial charge in [-0.05, 0) is 50.5 Å². The molecule has 0 atom stereocenters. The number of rotatable bonds is 4. The first-order valence-corrected chi connectivity index (χ1v) is 9.72. The van der Waals surface area contributed by atoms with E-state index in [1.165, 1.54) is 6.20 Å². The highest BCUT2D eigenvalue weighted by Gasteiger charge is 2.29. The maximum absolute atomic E-state index is 12.6. The van der Waals surface area contributed by atoms with Crippen molar-refractivity contribution in [2.45, 2.75) is 33.1 Å². The Balaban J connectivity index is 1.58. The number of nitrogens with zero attached hydrogens (tertiary/aromatic N) is 2. The van der Waals surface area contributed by atoms with Crippen LogP contribution in [0.15, 0.2) is 58.3 Å². The number of aryl methyl sites for hydroxylation is 2. The number of amides is 1. The molecule has 0 saturated heterocycles. The van der Waals surface area contributed by atoms with Crippen LogP contribution in [0.3, 0.4) is 0 Å². The fourth-order valence-corrected chi connectivity index (χ4v) is 3.54. The normalized spacial score (nSPS) is 14.3. The molecule has 0 bridgehead atoms. The molecule has 0 fully saturated rings. The maximum Gasteiger partial charge on any atom is 0.379 e. The Hall–Kier alpha value is -3.74. The van der Waals surface area contributed by atoms with E-state index >= 15 is 0 Å². The first-order valence-electron chi connectivity index (χ1n) is 9.72. The third-order valence-corrected chi connectivity index (χ3v) is 5.04. The lowest BCUT2D eigenvalue weighted by Crippen LogP contribution is -2.22. The third-order valence-electron chi connectivity index (χ3n) is 5.04. The molecule has 1 amide bonds. The van der Waals surface area contributed by atoms with Crippen LogP contribution in [0.4, 0.5) is 0 Å². The smallest absolute Gasteiger partial charge is 0.379 e. The molecule has 2 heterocycles. The molecule has 3 aromatic rings. The number of ether oxygens (including phenoxy) is 1. The molecule has 0 radical (unpaired) electrons. The van der Waals surface area contributed by atoms with Crippen molar-refractivity contribution in [3.63, 3.8) is 0 Å². The summed E-state index contributed by atoms with van der Waals surface area (Å²) < 4.78 is 11.2. The number of benzene rings is 1. The van der Waals surface area contributed by atoms with E-state index in [1.54, 1.807) is 31.3 Å². The highest BCUT2D eigenvalue weighted by atomic mass is 16.5. The molecule has 1 aliphatic carbocycles. The van der Waals surface area contributed by atoms with Crippen LogP contribution in [-0.2, 0) is 6.42 Å². The Kier molecular flexibility index (Phi) is 5.43. The van der Waals surface area contributed by atoms with Crippen LogP contribution in [0.25, 0.3) is 0 Å². The monoisotopic (exact) mass is 403 g/mol. The van der Waals surface area contributed by atoms with E-state index < -0.39 is 5.97 Å². The number of pyridine rings is 1. The summed E-state index contributed by atoms with van der Waals surface area (Å²) in [6.07, 6.45) is 5.25. The number of carbonyl (C=O) groups excluding carboxylic acids is 2. The number of fused-ring (bicyclic) bond motifs is 1. The summed E-state index contributed by atoms with van der Waals surface area (Å²) in [6.45, 7) is 3.67. The van der Waals surface area contributed by atoms with Gasteiger partial charge in [-0.15, -0.1) is 0 Å². The number of hydrogen-bond donors (Lipinski definition) is 1. The molecule has 7 nitrogen and oxygen atoms in total. The number of aromatic nitrogens is 1. The van der Waals surface area contributed by atoms with Crippen LogP contribution in [0.5, 0.6) is 5.75 Å². The zero-order chi connectivity index (χ0) is 21.1. The lowest BCUT2D eigenvalue weighted by molar-refractivity contribution is 0.0697. The molecule has 4 rings (SSSR count). The SMILES string of the molecule is Cc1ccccc1C(=O)N/N=C1\CCCc2oc(C(=O)Oc3cccnc3)c(C)c21. The van der Waals surface area contributed by atoms with Crippen molar-refractivity contribution >= 4 is 17.6 Å². The molecule has 2 aromatic heterocycles. The van der Waals surface area contributed by atoms with Gasteiger partial charge in [0, 0.05) is 29.3 Å². The summed E-state index contributed by atoms with van der Waals surface area (Å²) >= 11 is 0. The van der Waals surface area contributed by atoms with E-state index in [-0.39, 0.29) is 11.7 Å². The van der Waals surface area contributed by atoms with Gasteiger partial charge >= 0.3 is 5.97 Å². The zero-order valence-corrected chi connectivity index (χ0v) is 16.8. The van der Waals surface area contributed by atoms with E-state index in [4.69, 9.17) is 9.15 Å². The molecule has 30 heavy (non-hydrogen) atoms. The van der Waals surface area contributed by atoms with E-state index in [0.717, 1.165) is 17.5 Å². The van der Waals surface area contributed by atoms with Crippen LogP contribution >= 0.6 is 0 Å². The number of esters is 1. The minimum atomic E-state index is -0.585. The van der Waals surface area contributed by atoms with Gasteiger partial charge in [0.05, 0.1) is 11.9 Å². The molecule has 7 heteroatoms. The molecule has 0 aliphatic heterocycles. The van der Waals surface area contributed by atoms with E-state index in [2.05, 4.69) is 15.5 Å². The van der Waals surface area contributed by atoms with Gasteiger partial charge in [0.2, 0.25) is 5.76 Å². The number of carbonyl (C=O) groups is 2. The standard InChI is InChI=1S/C23H21N3O4/c1-14-7-3-4-9-17(14)22(27)26-25-18-10-5-11-19-20(18)15(2)21(30-19)23(28)29-16-8-6-12-24-13-16/h3-4,6-9,12-13H,5,10-11H2,1-2H3,(H,26,27)/b25-18+. The van der Waals surface area contributed by atoms with Crippen LogP contribution in [0, 0.1) is 13.8 Å². The summed E-state index contributed by atoms with van der Waals surface area (Å²) in [5, 5.41) is 4.35. The van der Waals surface area contributed by atoms with E-state index in [9.17, 15) is 9.59 Å². The van der Waals surface area contributed by atoms with Gasteiger partial charge in [-0.1, -0.05) is 18.2 Å². The molecular weight excluding hydrogens is 382 g/mol. The van der Waals surface area contributed by atoms with E-state index in [1.807, 2.05) is 25.1 Å². The Labute approximate surface area is 173 Å². The van der Waals surface area contributed by atoms with Crippen molar-refractivity contribution in [1.82, 2.24) is 10.4 Å². The van der Waals surface area contributed by atoms with Gasteiger partial charge in [-0.2, -0.15) is 5.10 Å². The van der Waals surface area contributed by atoms with Gasteiger partial charge < -0.3 is 9.15 Å². The first kappa shape index (κ1) is 19.6. The fraction of sp³-hybridized carbons (Fsp3) is 0.217. The first-order chi connectivity index (χ1) is 14.5. The van der Waals surface area contributed by atoms with Crippen molar-refractivity contribution in [3.8, 4) is 5.75 Å². The lowest BCUT2D eigenvalue weighted by Gasteiger charge is -2.13. The topological polar surface area (TPSA) is 93.8 Å². The summed E-state index contributed by atoms with van der Waals surface area (Å²) in [7, 11) is 0. The minimum absolute atomic E-state index is 0.142. The number of furan rings is 1. The van der Waals surface area contributed by atoms with Gasteiger partial charge in [0.25, 0.3) is 5.91 Å². The zero-order valence-electron chi connectivity index (χ0n) is 16.8. The van der Waals surface area contributed by atoms with Crippen LogP contribution in [0.2, 0.25) is 0 Å². The number of hydrogen-bond acceptors (Lipinski definition) is 6. The Bertz CT molecular complexity index is 1130. The van der Waals surface area contributed by atoms with Crippen molar-refractivity contribution in [2.75, 3.05) is 0 Å². The molecule has 1 aliphatic rings. The summed E-state index contributed by atoms with van der Waals surface area (Å²) in [5.74, 6) is 0.309. The molecule has 152 valence electrons. The molecular formula is C23H21N3O4. The van der Waals surface area contributed by atoms with Crippen LogP contribution in [0.1, 0.15) is 56.2 Å². The summed E-state index contributed by atoms with van der Waals surface area (Å²) in [4.78, 5) is 29.0. The maximum atomic E-state index is 12.6. The predicted octanol–water partition coefficient (Wildman–Crippen LogP) is 3.98. The minimum Gasteiger partial charge on any atom is -0.453 e. The highest BCUT2D eigenvalue weighted by Crippen LogP contribution is 2.30. The Morgan fingerprint density at radius 3 is 2.73 bits per heavy atom. The molecule has 0 unspecified atom stereocenters. The second-order valence-corrected chi connectivity index (χ2v) is 7.10.